The Balaban J connectivity index is 4.13. The fourth-order valence-corrected chi connectivity index (χ4v) is 3.47. The van der Waals surface area contributed by atoms with Gasteiger partial charge in [-0.15, -0.1) is 0 Å². The van der Waals surface area contributed by atoms with Gasteiger partial charge < -0.3 is 4.43 Å². The predicted molar refractivity (Wildman–Crippen MR) is 89.6 cm³/mol. The molecule has 0 aromatic heterocycles. The Labute approximate surface area is 125 Å². The molecule has 0 aliphatic heterocycles. The molecule has 0 atom stereocenters. The van der Waals surface area contributed by atoms with Crippen molar-refractivity contribution in [3.05, 3.63) is 11.3 Å². The molecule has 0 spiro atoms. The molecule has 0 saturated carbocycles. The van der Waals surface area contributed by atoms with Crippen molar-refractivity contribution in [2.75, 3.05) is 6.61 Å². The fraction of sp³-hybridized carbons (Fsp3) is 0.867. The highest BCUT2D eigenvalue weighted by molar-refractivity contribution is 6.82. The van der Waals surface area contributed by atoms with Gasteiger partial charge in [0.1, 0.15) is 19.4 Å². The number of hydrogen-bond donors (Lipinski definition) is 0. The maximum atomic E-state index is 13.7. The normalized spacial score (nSPS) is 15.3. The van der Waals surface area contributed by atoms with Crippen molar-refractivity contribution in [3.8, 4) is 0 Å². The van der Waals surface area contributed by atoms with Crippen LogP contribution in [0.15, 0.2) is 11.3 Å². The van der Waals surface area contributed by atoms with E-state index in [1.165, 1.54) is 0 Å². The summed E-state index contributed by atoms with van der Waals surface area (Å²) in [5.41, 5.74) is -0.484. The molecule has 1 nitrogen and oxygen atoms in total. The topological polar surface area (TPSA) is 9.23 Å². The van der Waals surface area contributed by atoms with Gasteiger partial charge in [0.2, 0.25) is 0 Å². The SMILES string of the molecule is CC(C)(C)[Si](C)(C)OCCCC/C(F)=C(\F)[Si](C)(C)C. The van der Waals surface area contributed by atoms with Gasteiger partial charge in [0.15, 0.2) is 8.32 Å². The molecule has 0 N–H and O–H groups in total. The summed E-state index contributed by atoms with van der Waals surface area (Å²) in [5.74, 6) is -0.545. The molecule has 5 heteroatoms. The molecule has 0 radical (unpaired) electrons. The third-order valence-corrected chi connectivity index (χ3v) is 10.1. The lowest BCUT2D eigenvalue weighted by atomic mass is 10.2. The quantitative estimate of drug-likeness (QED) is 0.400. The molecule has 0 aliphatic carbocycles. The zero-order valence-electron chi connectivity index (χ0n) is 14.5. The number of allylic oxidation sites excluding steroid dienone is 1. The summed E-state index contributed by atoms with van der Waals surface area (Å²) in [7, 11) is -3.84. The van der Waals surface area contributed by atoms with Crippen LogP contribution in [0.1, 0.15) is 40.0 Å². The van der Waals surface area contributed by atoms with Crippen LogP contribution < -0.4 is 0 Å². The molecule has 0 heterocycles. The molecule has 0 rings (SSSR count). The molecular formula is C15H32F2OSi2. The average molecular weight is 323 g/mol. The van der Waals surface area contributed by atoms with E-state index in [2.05, 4.69) is 33.9 Å². The van der Waals surface area contributed by atoms with Gasteiger partial charge in [-0.05, 0) is 31.0 Å². The Morgan fingerprint density at radius 3 is 1.85 bits per heavy atom. The molecule has 0 unspecified atom stereocenters. The van der Waals surface area contributed by atoms with Crippen LogP contribution in [-0.2, 0) is 4.43 Å². The minimum atomic E-state index is -2.13. The summed E-state index contributed by atoms with van der Waals surface area (Å²) in [6, 6.07) is 0. The van der Waals surface area contributed by atoms with Crippen molar-refractivity contribution in [1.82, 2.24) is 0 Å². The molecule has 0 aromatic rings. The highest BCUT2D eigenvalue weighted by Gasteiger charge is 2.36. The number of halogens is 2. The van der Waals surface area contributed by atoms with Gasteiger partial charge in [-0.2, -0.15) is 0 Å². The van der Waals surface area contributed by atoms with Gasteiger partial charge >= 0.3 is 0 Å². The van der Waals surface area contributed by atoms with E-state index in [1.54, 1.807) is 0 Å². The van der Waals surface area contributed by atoms with Crippen LogP contribution in [-0.4, -0.2) is 23.0 Å². The van der Waals surface area contributed by atoms with Gasteiger partial charge in [-0.25, -0.2) is 8.78 Å². The van der Waals surface area contributed by atoms with Crippen molar-refractivity contribution in [2.45, 2.75) is 77.8 Å². The van der Waals surface area contributed by atoms with E-state index in [1.807, 2.05) is 19.6 Å². The summed E-state index contributed by atoms with van der Waals surface area (Å²) in [6.45, 7) is 17.1. The van der Waals surface area contributed by atoms with E-state index < -0.39 is 27.7 Å². The second-order valence-corrected chi connectivity index (χ2v) is 17.8. The van der Waals surface area contributed by atoms with Crippen LogP contribution >= 0.6 is 0 Å². The van der Waals surface area contributed by atoms with Crippen LogP contribution in [0.3, 0.4) is 0 Å². The smallest absolute Gasteiger partial charge is 0.191 e. The van der Waals surface area contributed by atoms with Gasteiger partial charge in [0.05, 0.1) is 0 Å². The van der Waals surface area contributed by atoms with E-state index in [0.717, 1.165) is 6.42 Å². The standard InChI is InChI=1S/C15H32F2OSi2/c1-15(2,3)20(7,8)18-12-10-9-11-13(16)14(17)19(4,5)6/h9-12H2,1-8H3/b14-13-. The third kappa shape index (κ3) is 6.63. The maximum absolute atomic E-state index is 13.7. The fourth-order valence-electron chi connectivity index (χ4n) is 1.44. The molecule has 20 heavy (non-hydrogen) atoms. The minimum absolute atomic E-state index is 0.197. The van der Waals surface area contributed by atoms with E-state index in [-0.39, 0.29) is 11.5 Å². The summed E-state index contributed by atoms with van der Waals surface area (Å²) < 4.78 is 33.4. The minimum Gasteiger partial charge on any atom is -0.417 e. The van der Waals surface area contributed by atoms with Crippen LogP contribution in [0.4, 0.5) is 8.78 Å². The van der Waals surface area contributed by atoms with Crippen molar-refractivity contribution in [1.29, 1.82) is 0 Å². The summed E-state index contributed by atoms with van der Waals surface area (Å²) in [4.78, 5) is 0. The Morgan fingerprint density at radius 2 is 1.45 bits per heavy atom. The molecule has 0 aliphatic rings. The van der Waals surface area contributed by atoms with Gasteiger partial charge in [-0.1, -0.05) is 40.4 Å². The van der Waals surface area contributed by atoms with Crippen molar-refractivity contribution in [2.24, 2.45) is 0 Å². The Kier molecular flexibility index (Phi) is 7.31. The van der Waals surface area contributed by atoms with Crippen molar-refractivity contribution in [3.63, 3.8) is 0 Å². The van der Waals surface area contributed by atoms with Crippen LogP contribution in [0.5, 0.6) is 0 Å². The summed E-state index contributed by atoms with van der Waals surface area (Å²) in [5, 5.41) is 0.197. The average Bonchev–Trinajstić information content (AvgIpc) is 2.24. The highest BCUT2D eigenvalue weighted by atomic mass is 28.4. The number of hydrogen-bond acceptors (Lipinski definition) is 1. The van der Waals surface area contributed by atoms with Crippen molar-refractivity contribution < 1.29 is 13.2 Å². The molecule has 120 valence electrons. The Hall–Kier alpha value is -0.00623. The first kappa shape index (κ1) is 20.0. The second-order valence-electron chi connectivity index (χ2n) is 8.03. The van der Waals surface area contributed by atoms with Crippen LogP contribution in [0, 0.1) is 0 Å². The van der Waals surface area contributed by atoms with Crippen molar-refractivity contribution >= 4 is 16.4 Å². The number of rotatable bonds is 7. The van der Waals surface area contributed by atoms with E-state index >= 15 is 0 Å². The molecule has 0 bridgehead atoms. The van der Waals surface area contributed by atoms with Gasteiger partial charge in [0, 0.05) is 13.0 Å². The lowest BCUT2D eigenvalue weighted by molar-refractivity contribution is 0.277. The van der Waals surface area contributed by atoms with Gasteiger partial charge in [-0.3, -0.25) is 0 Å². The molecule has 0 amide bonds. The summed E-state index contributed by atoms with van der Waals surface area (Å²) in [6.07, 6.45) is 1.65. The zero-order valence-corrected chi connectivity index (χ0v) is 16.5. The van der Waals surface area contributed by atoms with E-state index in [9.17, 15) is 8.78 Å². The lowest BCUT2D eigenvalue weighted by Gasteiger charge is -2.36. The second kappa shape index (κ2) is 7.32. The predicted octanol–water partition coefficient (Wildman–Crippen LogP) is 6.21. The first-order valence-corrected chi connectivity index (χ1v) is 13.9. The maximum Gasteiger partial charge on any atom is 0.191 e. The highest BCUT2D eigenvalue weighted by Crippen LogP contribution is 2.36. The Bertz CT molecular complexity index is 339. The molecule has 0 saturated heterocycles. The number of unbranched alkanes of at least 4 members (excludes halogenated alkanes) is 1. The zero-order chi connectivity index (χ0) is 16.2. The van der Waals surface area contributed by atoms with Crippen LogP contribution in [0.2, 0.25) is 37.8 Å². The van der Waals surface area contributed by atoms with E-state index in [0.29, 0.717) is 13.0 Å². The lowest BCUT2D eigenvalue weighted by Crippen LogP contribution is -2.40. The molecular weight excluding hydrogens is 290 g/mol. The first-order valence-electron chi connectivity index (χ1n) is 7.47. The first-order chi connectivity index (χ1) is 8.79. The monoisotopic (exact) mass is 322 g/mol. The molecule has 0 fully saturated rings. The Morgan fingerprint density at radius 1 is 0.950 bits per heavy atom. The summed E-state index contributed by atoms with van der Waals surface area (Å²) >= 11 is 0. The van der Waals surface area contributed by atoms with E-state index in [4.69, 9.17) is 4.43 Å². The largest absolute Gasteiger partial charge is 0.417 e. The third-order valence-electron chi connectivity index (χ3n) is 3.96. The molecule has 0 aromatic carbocycles. The van der Waals surface area contributed by atoms with Crippen LogP contribution in [0.25, 0.3) is 0 Å². The van der Waals surface area contributed by atoms with Gasteiger partial charge in [0.25, 0.3) is 0 Å².